The summed E-state index contributed by atoms with van der Waals surface area (Å²) in [6, 6.07) is 10.6. The Morgan fingerprint density at radius 1 is 1.27 bits per heavy atom. The van der Waals surface area contributed by atoms with Crippen LogP contribution in [0.25, 0.3) is 22.0 Å². The van der Waals surface area contributed by atoms with Crippen molar-refractivity contribution in [3.8, 4) is 11.1 Å². The van der Waals surface area contributed by atoms with Gasteiger partial charge in [-0.05, 0) is 56.1 Å². The second-order valence-electron chi connectivity index (χ2n) is 6.85. The van der Waals surface area contributed by atoms with Crippen molar-refractivity contribution in [3.05, 3.63) is 47.8 Å². The molecule has 0 aliphatic carbocycles. The molecule has 134 valence electrons. The molecule has 1 aliphatic rings. The molecular weight excluding hydrogens is 331 g/mol. The van der Waals surface area contributed by atoms with E-state index in [0.717, 1.165) is 41.4 Å². The molecule has 0 saturated carbocycles. The summed E-state index contributed by atoms with van der Waals surface area (Å²) in [4.78, 5) is 12.5. The second-order valence-corrected chi connectivity index (χ2v) is 6.85. The fourth-order valence-corrected chi connectivity index (χ4v) is 3.43. The fraction of sp³-hybridized carbons (Fsp3) is 0.300. The normalized spacial score (nSPS) is 17.4. The summed E-state index contributed by atoms with van der Waals surface area (Å²) in [5.74, 6) is 0.147. The zero-order valence-corrected chi connectivity index (χ0v) is 14.6. The Kier molecular flexibility index (Phi) is 4.42. The predicted octanol–water partition coefficient (Wildman–Crippen LogP) is 3.62. The molecule has 1 atom stereocenters. The summed E-state index contributed by atoms with van der Waals surface area (Å²) in [5.41, 5.74) is 3.10. The number of nitrogens with one attached hydrogen (secondary N) is 3. The number of rotatable bonds is 3. The molecule has 2 heterocycles. The minimum Gasteiger partial charge on any atom is -0.316 e. The zero-order valence-electron chi connectivity index (χ0n) is 14.6. The maximum absolute atomic E-state index is 14.2. The number of benzene rings is 2. The molecule has 1 aliphatic heterocycles. The van der Waals surface area contributed by atoms with E-state index in [2.05, 4.69) is 20.8 Å². The lowest BCUT2D eigenvalue weighted by Crippen LogP contribution is -2.37. The van der Waals surface area contributed by atoms with Crippen LogP contribution < -0.4 is 10.6 Å². The summed E-state index contributed by atoms with van der Waals surface area (Å²) in [5, 5.41) is 14.1. The predicted molar refractivity (Wildman–Crippen MR) is 100 cm³/mol. The van der Waals surface area contributed by atoms with Crippen molar-refractivity contribution < 1.29 is 9.18 Å². The van der Waals surface area contributed by atoms with E-state index in [9.17, 15) is 9.18 Å². The van der Waals surface area contributed by atoms with E-state index >= 15 is 0 Å². The van der Waals surface area contributed by atoms with Gasteiger partial charge in [-0.2, -0.15) is 5.10 Å². The van der Waals surface area contributed by atoms with E-state index in [0.29, 0.717) is 17.9 Å². The summed E-state index contributed by atoms with van der Waals surface area (Å²) in [7, 11) is 0. The second kappa shape index (κ2) is 6.88. The Morgan fingerprint density at radius 2 is 2.15 bits per heavy atom. The van der Waals surface area contributed by atoms with Gasteiger partial charge in [-0.25, -0.2) is 4.39 Å². The van der Waals surface area contributed by atoms with Gasteiger partial charge in [0.15, 0.2) is 5.82 Å². The van der Waals surface area contributed by atoms with Gasteiger partial charge in [0.1, 0.15) is 5.82 Å². The number of aromatic nitrogens is 2. The maximum Gasteiger partial charge on any atom is 0.229 e. The third kappa shape index (κ3) is 3.20. The summed E-state index contributed by atoms with van der Waals surface area (Å²) in [6.45, 7) is 3.58. The van der Waals surface area contributed by atoms with Crippen LogP contribution in [0.15, 0.2) is 36.4 Å². The van der Waals surface area contributed by atoms with E-state index in [1.807, 2.05) is 31.2 Å². The van der Waals surface area contributed by atoms with Crippen LogP contribution in [0.4, 0.5) is 10.2 Å². The topological polar surface area (TPSA) is 69.8 Å². The molecule has 3 N–H and O–H groups in total. The highest BCUT2D eigenvalue weighted by molar-refractivity contribution is 6.01. The van der Waals surface area contributed by atoms with Crippen molar-refractivity contribution in [3.63, 3.8) is 0 Å². The summed E-state index contributed by atoms with van der Waals surface area (Å²) >= 11 is 0. The standard InChI is InChI=1S/C20H21FN4O/c1-12-4-6-17(21)15(9-12)13-5-7-18-16(10-13)19(25-24-18)23-20(26)14-3-2-8-22-11-14/h4-7,9-10,14,22H,2-3,8,11H2,1H3,(H2,23,24,25,26)/t14-/m1/s1. The lowest BCUT2D eigenvalue weighted by atomic mass is 9.98. The third-order valence-electron chi connectivity index (χ3n) is 4.90. The highest BCUT2D eigenvalue weighted by Gasteiger charge is 2.22. The van der Waals surface area contributed by atoms with Crippen molar-refractivity contribution in [2.75, 3.05) is 18.4 Å². The minimum absolute atomic E-state index is 0.0299. The first-order valence-electron chi connectivity index (χ1n) is 8.88. The molecule has 1 aromatic heterocycles. The average Bonchev–Trinajstić information content (AvgIpc) is 3.06. The highest BCUT2D eigenvalue weighted by atomic mass is 19.1. The molecular formula is C20H21FN4O. The van der Waals surface area contributed by atoms with E-state index in [4.69, 9.17) is 0 Å². The smallest absolute Gasteiger partial charge is 0.229 e. The molecule has 0 unspecified atom stereocenters. The van der Waals surface area contributed by atoms with Crippen LogP contribution in [0.3, 0.4) is 0 Å². The molecule has 1 saturated heterocycles. The van der Waals surface area contributed by atoms with E-state index in [1.54, 1.807) is 6.07 Å². The quantitative estimate of drug-likeness (QED) is 0.674. The number of piperidine rings is 1. The van der Waals surface area contributed by atoms with Gasteiger partial charge >= 0.3 is 0 Å². The number of aromatic amines is 1. The monoisotopic (exact) mass is 352 g/mol. The van der Waals surface area contributed by atoms with Crippen molar-refractivity contribution in [2.24, 2.45) is 5.92 Å². The van der Waals surface area contributed by atoms with Crippen LogP contribution in [0.2, 0.25) is 0 Å². The number of nitrogens with zero attached hydrogens (tertiary/aromatic N) is 1. The van der Waals surface area contributed by atoms with Crippen molar-refractivity contribution in [2.45, 2.75) is 19.8 Å². The van der Waals surface area contributed by atoms with Crippen LogP contribution in [0.1, 0.15) is 18.4 Å². The molecule has 26 heavy (non-hydrogen) atoms. The van der Waals surface area contributed by atoms with Gasteiger partial charge in [-0.1, -0.05) is 17.7 Å². The maximum atomic E-state index is 14.2. The van der Waals surface area contributed by atoms with Gasteiger partial charge < -0.3 is 10.6 Å². The Bertz CT molecular complexity index is 960. The van der Waals surface area contributed by atoms with Crippen molar-refractivity contribution in [1.82, 2.24) is 15.5 Å². The molecule has 6 heteroatoms. The first-order chi connectivity index (χ1) is 12.6. The Morgan fingerprint density at radius 3 is 2.96 bits per heavy atom. The molecule has 4 rings (SSSR count). The third-order valence-corrected chi connectivity index (χ3v) is 4.90. The van der Waals surface area contributed by atoms with Gasteiger partial charge in [-0.15, -0.1) is 0 Å². The van der Waals surface area contributed by atoms with Crippen LogP contribution in [0, 0.1) is 18.7 Å². The van der Waals surface area contributed by atoms with Gasteiger partial charge in [-0.3, -0.25) is 9.89 Å². The number of hydrogen-bond donors (Lipinski definition) is 3. The van der Waals surface area contributed by atoms with Gasteiger partial charge in [0.25, 0.3) is 0 Å². The largest absolute Gasteiger partial charge is 0.316 e. The number of aryl methyl sites for hydroxylation is 1. The summed E-state index contributed by atoms with van der Waals surface area (Å²) < 4.78 is 14.2. The molecule has 1 fully saturated rings. The Hall–Kier alpha value is -2.73. The zero-order chi connectivity index (χ0) is 18.1. The first-order valence-corrected chi connectivity index (χ1v) is 8.88. The van der Waals surface area contributed by atoms with Crippen LogP contribution in [-0.4, -0.2) is 29.2 Å². The number of amides is 1. The molecule has 2 aromatic carbocycles. The molecule has 0 radical (unpaired) electrons. The van der Waals surface area contributed by atoms with Crippen LogP contribution in [-0.2, 0) is 4.79 Å². The lowest BCUT2D eigenvalue weighted by molar-refractivity contribution is -0.120. The van der Waals surface area contributed by atoms with E-state index < -0.39 is 0 Å². The number of halogens is 1. The highest BCUT2D eigenvalue weighted by Crippen LogP contribution is 2.30. The van der Waals surface area contributed by atoms with Crippen LogP contribution in [0.5, 0.6) is 0 Å². The van der Waals surface area contributed by atoms with Gasteiger partial charge in [0.05, 0.1) is 11.4 Å². The van der Waals surface area contributed by atoms with Gasteiger partial charge in [0, 0.05) is 17.5 Å². The number of carbonyl (C=O) groups is 1. The molecule has 0 spiro atoms. The fourth-order valence-electron chi connectivity index (χ4n) is 3.43. The Labute approximate surface area is 151 Å². The number of fused-ring (bicyclic) bond motifs is 1. The van der Waals surface area contributed by atoms with E-state index in [-0.39, 0.29) is 17.6 Å². The molecule has 1 amide bonds. The number of anilines is 1. The minimum atomic E-state index is -0.266. The molecule has 3 aromatic rings. The molecule has 5 nitrogen and oxygen atoms in total. The Balaban J connectivity index is 1.66. The summed E-state index contributed by atoms with van der Waals surface area (Å²) in [6.07, 6.45) is 1.87. The lowest BCUT2D eigenvalue weighted by Gasteiger charge is -2.21. The SMILES string of the molecule is Cc1ccc(F)c(-c2ccc3[nH]nc(NC(=O)[C@@H]4CCCNC4)c3c2)c1. The number of H-pyrrole nitrogens is 1. The average molecular weight is 352 g/mol. The number of carbonyl (C=O) groups excluding carboxylic acids is 1. The molecule has 0 bridgehead atoms. The van der Waals surface area contributed by atoms with Gasteiger partial charge in [0.2, 0.25) is 5.91 Å². The van der Waals surface area contributed by atoms with E-state index in [1.165, 1.54) is 6.07 Å². The van der Waals surface area contributed by atoms with Crippen molar-refractivity contribution >= 4 is 22.6 Å². The van der Waals surface area contributed by atoms with Crippen molar-refractivity contribution in [1.29, 1.82) is 0 Å². The van der Waals surface area contributed by atoms with Crippen LogP contribution >= 0.6 is 0 Å². The number of hydrogen-bond acceptors (Lipinski definition) is 3. The first kappa shape index (κ1) is 16.7.